The average molecular weight is 283 g/mol. The summed E-state index contributed by atoms with van der Waals surface area (Å²) in [5.41, 5.74) is -0.0962. The summed E-state index contributed by atoms with van der Waals surface area (Å²) in [6, 6.07) is 5.38. The molecule has 1 N–H and O–H groups in total. The van der Waals surface area contributed by atoms with Crippen molar-refractivity contribution in [2.75, 3.05) is 13.1 Å². The molecule has 1 aliphatic heterocycles. The quantitative estimate of drug-likeness (QED) is 0.901. The van der Waals surface area contributed by atoms with Crippen LogP contribution in [0.4, 0.5) is 13.2 Å². The number of hydrogen-bond acceptors (Lipinski definition) is 2. The van der Waals surface area contributed by atoms with Gasteiger partial charge in [-0.3, -0.25) is 0 Å². The summed E-state index contributed by atoms with van der Waals surface area (Å²) < 4.78 is 43.6. The summed E-state index contributed by atoms with van der Waals surface area (Å²) in [4.78, 5) is 0. The summed E-state index contributed by atoms with van der Waals surface area (Å²) >= 11 is 0. The third kappa shape index (κ3) is 2.82. The zero-order valence-electron chi connectivity index (χ0n) is 11.0. The van der Waals surface area contributed by atoms with E-state index in [4.69, 9.17) is 4.42 Å². The van der Waals surface area contributed by atoms with Crippen molar-refractivity contribution in [3.63, 3.8) is 0 Å². The van der Waals surface area contributed by atoms with Crippen molar-refractivity contribution in [3.8, 4) is 0 Å². The molecule has 5 heteroatoms. The number of rotatable bonds is 2. The maximum absolute atomic E-state index is 12.7. The molecule has 1 aliphatic rings. The first kappa shape index (κ1) is 13.5. The highest BCUT2D eigenvalue weighted by molar-refractivity contribution is 5.78. The first-order chi connectivity index (χ1) is 9.52. The van der Waals surface area contributed by atoms with Gasteiger partial charge in [-0.1, -0.05) is 0 Å². The van der Waals surface area contributed by atoms with Gasteiger partial charge in [0.2, 0.25) is 0 Å². The lowest BCUT2D eigenvalue weighted by Gasteiger charge is -2.21. The van der Waals surface area contributed by atoms with Crippen molar-refractivity contribution >= 4 is 11.0 Å². The van der Waals surface area contributed by atoms with E-state index in [2.05, 4.69) is 5.32 Å². The van der Waals surface area contributed by atoms with Crippen molar-refractivity contribution in [2.45, 2.75) is 25.4 Å². The van der Waals surface area contributed by atoms with Crippen LogP contribution in [0.5, 0.6) is 0 Å². The van der Waals surface area contributed by atoms with Crippen LogP contribution in [0, 0.1) is 5.92 Å². The lowest BCUT2D eigenvalue weighted by Crippen LogP contribution is -2.28. The van der Waals surface area contributed by atoms with Gasteiger partial charge >= 0.3 is 6.18 Å². The van der Waals surface area contributed by atoms with E-state index in [0.29, 0.717) is 16.9 Å². The van der Waals surface area contributed by atoms with Gasteiger partial charge in [0.05, 0.1) is 5.56 Å². The van der Waals surface area contributed by atoms with Gasteiger partial charge in [-0.15, -0.1) is 0 Å². The maximum Gasteiger partial charge on any atom is 0.416 e. The monoisotopic (exact) mass is 283 g/mol. The van der Waals surface area contributed by atoms with Crippen LogP contribution in [0.2, 0.25) is 0 Å². The normalized spacial score (nSPS) is 17.8. The molecule has 1 fully saturated rings. The topological polar surface area (TPSA) is 25.2 Å². The molecule has 0 radical (unpaired) electrons. The predicted octanol–water partition coefficient (Wildman–Crippen LogP) is 3.99. The summed E-state index contributed by atoms with van der Waals surface area (Å²) in [6.07, 6.45) is -1.33. The highest BCUT2D eigenvalue weighted by atomic mass is 19.4. The largest absolute Gasteiger partial charge is 0.461 e. The van der Waals surface area contributed by atoms with Gasteiger partial charge in [-0.25, -0.2) is 0 Å². The Kier molecular flexibility index (Phi) is 3.46. The Morgan fingerprint density at radius 1 is 1.15 bits per heavy atom. The van der Waals surface area contributed by atoms with Gasteiger partial charge in [0.25, 0.3) is 0 Å². The third-order valence-electron chi connectivity index (χ3n) is 3.84. The van der Waals surface area contributed by atoms with Crippen molar-refractivity contribution in [3.05, 3.63) is 35.6 Å². The third-order valence-corrected chi connectivity index (χ3v) is 3.84. The van der Waals surface area contributed by atoms with E-state index in [0.717, 1.165) is 50.2 Å². The van der Waals surface area contributed by atoms with Crippen LogP contribution in [-0.2, 0) is 12.6 Å². The number of furan rings is 1. The second kappa shape index (κ2) is 5.13. The van der Waals surface area contributed by atoms with Crippen molar-refractivity contribution in [2.24, 2.45) is 5.92 Å². The average Bonchev–Trinajstić information content (AvgIpc) is 2.80. The first-order valence-corrected chi connectivity index (χ1v) is 6.83. The molecule has 0 amide bonds. The minimum Gasteiger partial charge on any atom is -0.461 e. The Morgan fingerprint density at radius 3 is 2.60 bits per heavy atom. The fourth-order valence-corrected chi connectivity index (χ4v) is 2.75. The van der Waals surface area contributed by atoms with E-state index < -0.39 is 11.7 Å². The van der Waals surface area contributed by atoms with Gasteiger partial charge < -0.3 is 9.73 Å². The zero-order chi connectivity index (χ0) is 14.2. The molecule has 108 valence electrons. The molecule has 0 saturated carbocycles. The SMILES string of the molecule is FC(F)(F)c1ccc2oc(CC3CCNCC3)cc2c1. The number of halogens is 3. The number of hydrogen-bond donors (Lipinski definition) is 1. The number of piperidine rings is 1. The van der Waals surface area contributed by atoms with E-state index in [9.17, 15) is 13.2 Å². The molecule has 0 spiro atoms. The maximum atomic E-state index is 12.7. The minimum absolute atomic E-state index is 0.530. The molecule has 20 heavy (non-hydrogen) atoms. The van der Waals surface area contributed by atoms with E-state index in [-0.39, 0.29) is 0 Å². The van der Waals surface area contributed by atoms with Gasteiger partial charge in [0.1, 0.15) is 11.3 Å². The molecular formula is C15H16F3NO. The molecule has 1 saturated heterocycles. The number of alkyl halides is 3. The highest BCUT2D eigenvalue weighted by Gasteiger charge is 2.30. The van der Waals surface area contributed by atoms with Crippen LogP contribution in [0.1, 0.15) is 24.2 Å². The second-order valence-corrected chi connectivity index (χ2v) is 5.36. The second-order valence-electron chi connectivity index (χ2n) is 5.36. The molecular weight excluding hydrogens is 267 g/mol. The summed E-state index contributed by atoms with van der Waals surface area (Å²) in [6.45, 7) is 2.01. The lowest BCUT2D eigenvalue weighted by atomic mass is 9.93. The van der Waals surface area contributed by atoms with Crippen LogP contribution in [-0.4, -0.2) is 13.1 Å². The molecule has 2 nitrogen and oxygen atoms in total. The smallest absolute Gasteiger partial charge is 0.416 e. The molecule has 3 rings (SSSR count). The lowest BCUT2D eigenvalue weighted by molar-refractivity contribution is -0.137. The molecule has 2 aromatic rings. The Balaban J connectivity index is 1.83. The molecule has 0 aliphatic carbocycles. The van der Waals surface area contributed by atoms with Gasteiger partial charge in [0, 0.05) is 11.8 Å². The Bertz CT molecular complexity index is 597. The number of benzene rings is 1. The number of nitrogens with one attached hydrogen (secondary N) is 1. The molecule has 0 unspecified atom stereocenters. The minimum atomic E-state index is -4.30. The van der Waals surface area contributed by atoms with Crippen LogP contribution >= 0.6 is 0 Å². The first-order valence-electron chi connectivity index (χ1n) is 6.83. The Morgan fingerprint density at radius 2 is 1.90 bits per heavy atom. The van der Waals surface area contributed by atoms with Crippen LogP contribution in [0.3, 0.4) is 0 Å². The van der Waals surface area contributed by atoms with Gasteiger partial charge in [-0.05, 0) is 56.1 Å². The fraction of sp³-hybridized carbons (Fsp3) is 0.467. The van der Waals surface area contributed by atoms with Crippen LogP contribution < -0.4 is 5.32 Å². The zero-order valence-corrected chi connectivity index (χ0v) is 11.0. The van der Waals surface area contributed by atoms with E-state index in [1.165, 1.54) is 6.07 Å². The summed E-state index contributed by atoms with van der Waals surface area (Å²) in [7, 11) is 0. The van der Waals surface area contributed by atoms with E-state index >= 15 is 0 Å². The Labute approximate surface area is 115 Å². The molecule has 1 aromatic heterocycles. The predicted molar refractivity (Wildman–Crippen MR) is 70.5 cm³/mol. The highest BCUT2D eigenvalue weighted by Crippen LogP contribution is 2.33. The number of fused-ring (bicyclic) bond motifs is 1. The van der Waals surface area contributed by atoms with Crippen molar-refractivity contribution < 1.29 is 17.6 Å². The van der Waals surface area contributed by atoms with Crippen molar-refractivity contribution in [1.82, 2.24) is 5.32 Å². The molecule has 0 atom stereocenters. The van der Waals surface area contributed by atoms with Crippen molar-refractivity contribution in [1.29, 1.82) is 0 Å². The van der Waals surface area contributed by atoms with Crippen LogP contribution in [0.25, 0.3) is 11.0 Å². The Hall–Kier alpha value is -1.49. The van der Waals surface area contributed by atoms with Gasteiger partial charge in [0.15, 0.2) is 0 Å². The molecule has 0 bridgehead atoms. The summed E-state index contributed by atoms with van der Waals surface area (Å²) in [5, 5.41) is 3.83. The van der Waals surface area contributed by atoms with E-state index in [1.807, 2.05) is 0 Å². The fourth-order valence-electron chi connectivity index (χ4n) is 2.75. The molecule has 2 heterocycles. The summed E-state index contributed by atoms with van der Waals surface area (Å²) in [5.74, 6) is 1.34. The van der Waals surface area contributed by atoms with E-state index in [1.54, 1.807) is 6.07 Å². The standard InChI is InChI=1S/C15H16F3NO/c16-15(17,18)12-1-2-14-11(8-12)9-13(20-14)7-10-3-5-19-6-4-10/h1-2,8-10,19H,3-7H2. The van der Waals surface area contributed by atoms with Crippen LogP contribution in [0.15, 0.2) is 28.7 Å². The van der Waals surface area contributed by atoms with Gasteiger partial charge in [-0.2, -0.15) is 13.2 Å². The molecule has 1 aromatic carbocycles.